The maximum atomic E-state index is 11.7. The molecule has 0 aromatic carbocycles. The van der Waals surface area contributed by atoms with Crippen molar-refractivity contribution in [2.24, 2.45) is 5.84 Å². The first-order valence-corrected chi connectivity index (χ1v) is 5.61. The number of aromatic nitrogens is 3. The van der Waals surface area contributed by atoms with E-state index in [2.05, 4.69) is 15.5 Å². The fourth-order valence-corrected chi connectivity index (χ4v) is 1.56. The standard InChI is InChI=1S/C10H19N5O2/c1-4-8-12-9(5-2)15(14-8)7(6-17-3)10(16)13-11/h7H,4-6,11H2,1-3H3,(H,13,16). The minimum absolute atomic E-state index is 0.211. The third-order valence-electron chi connectivity index (χ3n) is 2.44. The van der Waals surface area contributed by atoms with Crippen molar-refractivity contribution >= 4 is 5.91 Å². The molecule has 1 unspecified atom stereocenters. The Morgan fingerprint density at radius 1 is 1.53 bits per heavy atom. The van der Waals surface area contributed by atoms with Gasteiger partial charge in [0.05, 0.1) is 6.61 Å². The van der Waals surface area contributed by atoms with Crippen molar-refractivity contribution in [3.8, 4) is 0 Å². The van der Waals surface area contributed by atoms with E-state index in [-0.39, 0.29) is 12.5 Å². The summed E-state index contributed by atoms with van der Waals surface area (Å²) in [5, 5.41) is 4.30. The van der Waals surface area contributed by atoms with Gasteiger partial charge in [-0.25, -0.2) is 15.5 Å². The van der Waals surface area contributed by atoms with E-state index in [1.165, 1.54) is 7.11 Å². The van der Waals surface area contributed by atoms with Crippen LogP contribution < -0.4 is 11.3 Å². The number of hydrogen-bond acceptors (Lipinski definition) is 5. The topological polar surface area (TPSA) is 95.1 Å². The first-order valence-electron chi connectivity index (χ1n) is 5.61. The maximum absolute atomic E-state index is 11.7. The Balaban J connectivity index is 3.07. The highest BCUT2D eigenvalue weighted by Crippen LogP contribution is 2.11. The van der Waals surface area contributed by atoms with Crippen LogP contribution in [-0.2, 0) is 22.4 Å². The minimum Gasteiger partial charge on any atom is -0.382 e. The number of hydrogen-bond donors (Lipinski definition) is 2. The van der Waals surface area contributed by atoms with Crippen molar-refractivity contribution in [3.05, 3.63) is 11.6 Å². The molecule has 0 saturated heterocycles. The average molecular weight is 241 g/mol. The molecular weight excluding hydrogens is 222 g/mol. The van der Waals surface area contributed by atoms with Crippen LogP contribution in [0.3, 0.4) is 0 Å². The number of aryl methyl sites for hydroxylation is 2. The van der Waals surface area contributed by atoms with E-state index in [0.29, 0.717) is 12.2 Å². The second-order valence-corrected chi connectivity index (χ2v) is 3.58. The Morgan fingerprint density at radius 3 is 2.71 bits per heavy atom. The second kappa shape index (κ2) is 6.31. The van der Waals surface area contributed by atoms with Crippen molar-refractivity contribution in [1.82, 2.24) is 20.2 Å². The van der Waals surface area contributed by atoms with Gasteiger partial charge in [0.15, 0.2) is 11.9 Å². The molecule has 1 rings (SSSR count). The molecule has 1 aromatic heterocycles. The summed E-state index contributed by atoms with van der Waals surface area (Å²) in [6.07, 6.45) is 1.43. The maximum Gasteiger partial charge on any atom is 0.261 e. The number of carbonyl (C=O) groups is 1. The highest BCUT2D eigenvalue weighted by atomic mass is 16.5. The summed E-state index contributed by atoms with van der Waals surface area (Å²) in [6, 6.07) is -0.576. The summed E-state index contributed by atoms with van der Waals surface area (Å²) < 4.78 is 6.61. The van der Waals surface area contributed by atoms with Gasteiger partial charge in [0.1, 0.15) is 5.82 Å². The van der Waals surface area contributed by atoms with E-state index in [0.717, 1.165) is 12.2 Å². The number of ether oxygens (including phenoxy) is 1. The summed E-state index contributed by atoms with van der Waals surface area (Å²) in [5.41, 5.74) is 2.12. The molecule has 1 amide bonds. The van der Waals surface area contributed by atoms with Crippen LogP contribution in [0.1, 0.15) is 31.5 Å². The molecule has 1 aromatic rings. The summed E-state index contributed by atoms with van der Waals surface area (Å²) in [7, 11) is 1.53. The normalized spacial score (nSPS) is 12.5. The summed E-state index contributed by atoms with van der Waals surface area (Å²) in [4.78, 5) is 16.0. The van der Waals surface area contributed by atoms with Crippen LogP contribution in [0.15, 0.2) is 0 Å². The van der Waals surface area contributed by atoms with Gasteiger partial charge in [0, 0.05) is 20.0 Å². The lowest BCUT2D eigenvalue weighted by Crippen LogP contribution is -2.40. The number of carbonyl (C=O) groups excluding carboxylic acids is 1. The molecule has 17 heavy (non-hydrogen) atoms. The summed E-state index contributed by atoms with van der Waals surface area (Å²) >= 11 is 0. The monoisotopic (exact) mass is 241 g/mol. The number of methoxy groups -OCH3 is 1. The van der Waals surface area contributed by atoms with Gasteiger partial charge in [-0.15, -0.1) is 0 Å². The quantitative estimate of drug-likeness (QED) is 0.401. The second-order valence-electron chi connectivity index (χ2n) is 3.58. The van der Waals surface area contributed by atoms with Crippen molar-refractivity contribution in [3.63, 3.8) is 0 Å². The highest BCUT2D eigenvalue weighted by molar-refractivity contribution is 5.79. The van der Waals surface area contributed by atoms with E-state index < -0.39 is 6.04 Å². The average Bonchev–Trinajstić information content (AvgIpc) is 2.78. The molecule has 1 atom stereocenters. The molecule has 0 spiro atoms. The van der Waals surface area contributed by atoms with Gasteiger partial charge in [0.2, 0.25) is 0 Å². The molecule has 0 radical (unpaired) electrons. The van der Waals surface area contributed by atoms with Crippen LogP contribution >= 0.6 is 0 Å². The molecule has 7 nitrogen and oxygen atoms in total. The lowest BCUT2D eigenvalue weighted by atomic mass is 10.3. The van der Waals surface area contributed by atoms with Crippen LogP contribution in [0.2, 0.25) is 0 Å². The van der Waals surface area contributed by atoms with Crippen LogP contribution in [-0.4, -0.2) is 34.4 Å². The van der Waals surface area contributed by atoms with Gasteiger partial charge in [-0.2, -0.15) is 5.10 Å². The Labute approximate surface area is 100 Å². The fourth-order valence-electron chi connectivity index (χ4n) is 1.56. The van der Waals surface area contributed by atoms with E-state index >= 15 is 0 Å². The molecule has 0 fully saturated rings. The zero-order valence-corrected chi connectivity index (χ0v) is 10.4. The van der Waals surface area contributed by atoms with Gasteiger partial charge in [-0.3, -0.25) is 10.2 Å². The number of amides is 1. The zero-order chi connectivity index (χ0) is 12.8. The Morgan fingerprint density at radius 2 is 2.24 bits per heavy atom. The largest absolute Gasteiger partial charge is 0.382 e. The molecule has 0 aliphatic heterocycles. The van der Waals surface area contributed by atoms with Gasteiger partial charge in [0.25, 0.3) is 5.91 Å². The van der Waals surface area contributed by atoms with Crippen LogP contribution in [0.5, 0.6) is 0 Å². The first kappa shape index (κ1) is 13.6. The molecular formula is C10H19N5O2. The molecule has 7 heteroatoms. The number of hydrazine groups is 1. The smallest absolute Gasteiger partial charge is 0.261 e. The van der Waals surface area contributed by atoms with Gasteiger partial charge >= 0.3 is 0 Å². The number of rotatable bonds is 6. The van der Waals surface area contributed by atoms with E-state index in [1.807, 2.05) is 13.8 Å². The van der Waals surface area contributed by atoms with Gasteiger partial charge in [-0.05, 0) is 0 Å². The number of nitrogens with one attached hydrogen (secondary N) is 1. The molecule has 0 bridgehead atoms. The number of nitrogens with zero attached hydrogens (tertiary/aromatic N) is 3. The van der Waals surface area contributed by atoms with Gasteiger partial charge < -0.3 is 4.74 Å². The third-order valence-corrected chi connectivity index (χ3v) is 2.44. The highest BCUT2D eigenvalue weighted by Gasteiger charge is 2.24. The molecule has 3 N–H and O–H groups in total. The van der Waals surface area contributed by atoms with Gasteiger partial charge in [-0.1, -0.05) is 13.8 Å². The predicted molar refractivity (Wildman–Crippen MR) is 62.0 cm³/mol. The van der Waals surface area contributed by atoms with Crippen molar-refractivity contribution in [2.45, 2.75) is 32.7 Å². The van der Waals surface area contributed by atoms with Crippen LogP contribution in [0.4, 0.5) is 0 Å². The van der Waals surface area contributed by atoms with E-state index in [9.17, 15) is 4.79 Å². The Kier molecular flexibility index (Phi) is 5.05. The summed E-state index contributed by atoms with van der Waals surface area (Å²) in [5.74, 6) is 6.29. The first-order chi connectivity index (χ1) is 8.17. The lowest BCUT2D eigenvalue weighted by Gasteiger charge is -2.16. The van der Waals surface area contributed by atoms with Crippen molar-refractivity contribution in [1.29, 1.82) is 0 Å². The van der Waals surface area contributed by atoms with E-state index in [4.69, 9.17) is 10.6 Å². The van der Waals surface area contributed by atoms with Crippen LogP contribution in [0, 0.1) is 0 Å². The fraction of sp³-hybridized carbons (Fsp3) is 0.700. The SMILES string of the molecule is CCc1nc(CC)n(C(COC)C(=O)NN)n1. The lowest BCUT2D eigenvalue weighted by molar-refractivity contribution is -0.126. The summed E-state index contributed by atoms with van der Waals surface area (Å²) in [6.45, 7) is 4.14. The molecule has 0 aliphatic rings. The molecule has 1 heterocycles. The molecule has 0 aliphatic carbocycles. The minimum atomic E-state index is -0.576. The third kappa shape index (κ3) is 3.01. The number of nitrogens with two attached hydrogens (primary N) is 1. The molecule has 0 saturated carbocycles. The van der Waals surface area contributed by atoms with E-state index in [1.54, 1.807) is 4.68 Å². The Bertz CT molecular complexity index is 377. The Hall–Kier alpha value is -1.47. The predicted octanol–water partition coefficient (Wildman–Crippen LogP) is -0.420. The van der Waals surface area contributed by atoms with Crippen molar-refractivity contribution in [2.75, 3.05) is 13.7 Å². The van der Waals surface area contributed by atoms with Crippen molar-refractivity contribution < 1.29 is 9.53 Å². The van der Waals surface area contributed by atoms with Crippen LogP contribution in [0.25, 0.3) is 0 Å². The zero-order valence-electron chi connectivity index (χ0n) is 10.4. The molecule has 96 valence electrons.